The molecule has 0 atom stereocenters. The fourth-order valence-electron chi connectivity index (χ4n) is 1.97. The van der Waals surface area contributed by atoms with E-state index in [1.165, 1.54) is 22.3 Å². The van der Waals surface area contributed by atoms with E-state index in [0.717, 1.165) is 17.1 Å². The first-order valence-electron chi connectivity index (χ1n) is 11.1. The molecular formula is C29H49NS. The summed E-state index contributed by atoms with van der Waals surface area (Å²) in [6, 6.07) is 6.36. The fraction of sp³-hybridized carbons (Fsp3) is 0.379. The summed E-state index contributed by atoms with van der Waals surface area (Å²) in [5.41, 5.74) is 7.06. The maximum Gasteiger partial charge on any atom is 0.0386 e. The lowest BCUT2D eigenvalue weighted by Crippen LogP contribution is -1.96. The van der Waals surface area contributed by atoms with Gasteiger partial charge < -0.3 is 5.32 Å². The lowest BCUT2D eigenvalue weighted by atomic mass is 10.1. The van der Waals surface area contributed by atoms with Gasteiger partial charge in [0.15, 0.2) is 0 Å². The van der Waals surface area contributed by atoms with Gasteiger partial charge in [-0.2, -0.15) is 0 Å². The van der Waals surface area contributed by atoms with E-state index in [-0.39, 0.29) is 0 Å². The predicted octanol–water partition coefficient (Wildman–Crippen LogP) is 10.4. The van der Waals surface area contributed by atoms with Crippen LogP contribution in [0, 0.1) is 13.8 Å². The Morgan fingerprint density at radius 3 is 1.94 bits per heavy atom. The Hall–Kier alpha value is -2.19. The van der Waals surface area contributed by atoms with Crippen LogP contribution in [0.25, 0.3) is 0 Å². The van der Waals surface area contributed by atoms with Gasteiger partial charge in [-0.3, -0.25) is 0 Å². The normalized spacial score (nSPS) is 10.0. The van der Waals surface area contributed by atoms with Crippen LogP contribution in [0.15, 0.2) is 91.1 Å². The maximum atomic E-state index is 4.08. The van der Waals surface area contributed by atoms with Crippen LogP contribution in [0.3, 0.4) is 0 Å². The molecule has 1 rings (SSSR count). The van der Waals surface area contributed by atoms with E-state index in [4.69, 9.17) is 0 Å². The monoisotopic (exact) mass is 443 g/mol. The molecule has 0 radical (unpaired) electrons. The number of anilines is 1. The van der Waals surface area contributed by atoms with Crippen molar-refractivity contribution in [1.82, 2.24) is 0 Å². The van der Waals surface area contributed by atoms with E-state index in [1.807, 2.05) is 52.5 Å². The highest BCUT2D eigenvalue weighted by Crippen LogP contribution is 2.18. The summed E-state index contributed by atoms with van der Waals surface area (Å²) in [5, 5.41) is 5.55. The number of nitrogens with one attached hydrogen (secondary N) is 1. The minimum Gasteiger partial charge on any atom is -0.356 e. The molecular weight excluding hydrogens is 394 g/mol. The Kier molecular flexibility index (Phi) is 32.5. The molecule has 0 unspecified atom stereocenters. The first-order valence-corrected chi connectivity index (χ1v) is 12.2. The van der Waals surface area contributed by atoms with Crippen molar-refractivity contribution >= 4 is 17.4 Å². The number of thioether (sulfide) groups is 1. The topological polar surface area (TPSA) is 12.0 Å². The predicted molar refractivity (Wildman–Crippen MR) is 153 cm³/mol. The van der Waals surface area contributed by atoms with Crippen LogP contribution in [0.5, 0.6) is 0 Å². The first-order chi connectivity index (χ1) is 14.9. The van der Waals surface area contributed by atoms with Crippen molar-refractivity contribution in [2.24, 2.45) is 0 Å². The zero-order valence-electron chi connectivity index (χ0n) is 22.1. The van der Waals surface area contributed by atoms with E-state index in [1.54, 1.807) is 6.08 Å². The van der Waals surface area contributed by atoms with Crippen LogP contribution in [-0.4, -0.2) is 5.75 Å². The van der Waals surface area contributed by atoms with Crippen molar-refractivity contribution < 1.29 is 0 Å². The largest absolute Gasteiger partial charge is 0.356 e. The minimum absolute atomic E-state index is 0.888. The van der Waals surface area contributed by atoms with Gasteiger partial charge in [0.1, 0.15) is 0 Å². The van der Waals surface area contributed by atoms with Crippen LogP contribution in [-0.2, 0) is 0 Å². The van der Waals surface area contributed by atoms with Crippen LogP contribution >= 0.6 is 11.8 Å². The van der Waals surface area contributed by atoms with E-state index in [9.17, 15) is 0 Å². The highest BCUT2D eigenvalue weighted by Gasteiger charge is 1.98. The van der Waals surface area contributed by atoms with Gasteiger partial charge in [0.05, 0.1) is 0 Å². The third-order valence-electron chi connectivity index (χ3n) is 3.47. The molecule has 0 aliphatic heterocycles. The van der Waals surface area contributed by atoms with Crippen molar-refractivity contribution in [3.8, 4) is 0 Å². The lowest BCUT2D eigenvalue weighted by molar-refractivity contribution is 1.33. The molecule has 0 aliphatic rings. The van der Waals surface area contributed by atoms with Crippen molar-refractivity contribution in [3.63, 3.8) is 0 Å². The summed E-state index contributed by atoms with van der Waals surface area (Å²) >= 11 is 1.82. The molecule has 0 aromatic heterocycles. The zero-order valence-corrected chi connectivity index (χ0v) is 22.9. The molecule has 0 heterocycles. The number of hydrogen-bond donors (Lipinski definition) is 1. The molecule has 0 saturated heterocycles. The molecule has 0 amide bonds. The van der Waals surface area contributed by atoms with Crippen LogP contribution in [0.1, 0.15) is 66.5 Å². The Morgan fingerprint density at radius 2 is 1.52 bits per heavy atom. The number of rotatable bonds is 7. The van der Waals surface area contributed by atoms with Gasteiger partial charge in [-0.25, -0.2) is 0 Å². The Labute approximate surface area is 199 Å². The Morgan fingerprint density at radius 1 is 1.00 bits per heavy atom. The second-order valence-corrected chi connectivity index (χ2v) is 6.84. The second kappa shape index (κ2) is 27.8. The maximum absolute atomic E-state index is 4.08. The number of allylic oxidation sites excluding steroid dienone is 6. The van der Waals surface area contributed by atoms with E-state index in [2.05, 4.69) is 102 Å². The molecule has 1 aromatic rings. The average Bonchev–Trinajstić information content (AvgIpc) is 2.80. The number of aryl methyl sites for hydroxylation is 2. The standard InChI is InChI=1S/C20H27NS.C3H6.2C2H6.C2H4/c1-7-19(17(5)14-22-8-2)11-10-18(6)21-20-12-9-15(3)16(4)13-20;1-3-2;3*1-2/h7,9-14,21H,6,8H2,1-5H3;3H,1H2,2H3;2*1-2H3;1-2H2/b11-10+,17-14+,19-7+;;;;. The molecule has 1 N–H and O–H groups in total. The van der Waals surface area contributed by atoms with Crippen molar-refractivity contribution in [1.29, 1.82) is 0 Å². The van der Waals surface area contributed by atoms with Gasteiger partial charge >= 0.3 is 0 Å². The summed E-state index contributed by atoms with van der Waals surface area (Å²) in [7, 11) is 0. The third kappa shape index (κ3) is 20.8. The van der Waals surface area contributed by atoms with Crippen molar-refractivity contribution in [2.45, 2.75) is 69.2 Å². The third-order valence-corrected chi connectivity index (χ3v) is 4.32. The highest BCUT2D eigenvalue weighted by atomic mass is 32.2. The molecule has 176 valence electrons. The summed E-state index contributed by atoms with van der Waals surface area (Å²) < 4.78 is 0. The summed E-state index contributed by atoms with van der Waals surface area (Å²) in [6.07, 6.45) is 8.01. The van der Waals surface area contributed by atoms with Gasteiger partial charge in [-0.05, 0) is 86.3 Å². The molecule has 0 aliphatic carbocycles. The van der Waals surface area contributed by atoms with Gasteiger partial charge in [0.2, 0.25) is 0 Å². The highest BCUT2D eigenvalue weighted by molar-refractivity contribution is 8.02. The molecule has 0 fully saturated rings. The zero-order chi connectivity index (χ0) is 25.2. The van der Waals surface area contributed by atoms with Gasteiger partial charge in [0, 0.05) is 11.4 Å². The smallest absolute Gasteiger partial charge is 0.0386 e. The SMILES string of the molecule is C=C.C=C(/C=C/C(=C\C)C(/C)=C/SCC)Nc1ccc(C)c(C)c1.C=CC.CC.CC. The molecule has 31 heavy (non-hydrogen) atoms. The number of hydrogen-bond acceptors (Lipinski definition) is 2. The van der Waals surface area contributed by atoms with Gasteiger partial charge in [-0.15, -0.1) is 31.5 Å². The average molecular weight is 444 g/mol. The number of benzene rings is 1. The fourth-order valence-corrected chi connectivity index (χ4v) is 2.52. The van der Waals surface area contributed by atoms with Crippen molar-refractivity contribution in [2.75, 3.05) is 11.1 Å². The summed E-state index contributed by atoms with van der Waals surface area (Å²) in [5.74, 6) is 1.10. The second-order valence-electron chi connectivity index (χ2n) is 5.69. The first kappa shape index (κ1) is 36.2. The van der Waals surface area contributed by atoms with Crippen molar-refractivity contribution in [3.05, 3.63) is 102 Å². The van der Waals surface area contributed by atoms with Gasteiger partial charge in [0.25, 0.3) is 0 Å². The summed E-state index contributed by atoms with van der Waals surface area (Å²) in [6.45, 7) is 33.9. The molecule has 0 spiro atoms. The van der Waals surface area contributed by atoms with E-state index < -0.39 is 0 Å². The lowest BCUT2D eigenvalue weighted by Gasteiger charge is -2.09. The van der Waals surface area contributed by atoms with E-state index >= 15 is 0 Å². The van der Waals surface area contributed by atoms with Crippen LogP contribution < -0.4 is 5.32 Å². The summed E-state index contributed by atoms with van der Waals surface area (Å²) in [4.78, 5) is 0. The Bertz CT molecular complexity index is 663. The van der Waals surface area contributed by atoms with Crippen LogP contribution in [0.2, 0.25) is 0 Å². The molecule has 1 aromatic carbocycles. The van der Waals surface area contributed by atoms with E-state index in [0.29, 0.717) is 0 Å². The molecule has 0 saturated carbocycles. The molecule has 2 heteroatoms. The van der Waals surface area contributed by atoms with Gasteiger partial charge in [-0.1, -0.05) is 65.5 Å². The Balaban J connectivity index is -0.000000354. The quantitative estimate of drug-likeness (QED) is 0.332. The minimum atomic E-state index is 0.888. The van der Waals surface area contributed by atoms with Crippen LogP contribution in [0.4, 0.5) is 5.69 Å². The molecule has 1 nitrogen and oxygen atoms in total. The molecule has 0 bridgehead atoms.